The minimum Gasteiger partial charge on any atom is -0.497 e. The summed E-state index contributed by atoms with van der Waals surface area (Å²) in [6, 6.07) is 8.48. The SMILES string of the molecule is COc1ccc(-c2cc(C(=O)NCC(=O)N3CCCCC3)[nH]c(=O)n2)cc1. The number of amides is 2. The summed E-state index contributed by atoms with van der Waals surface area (Å²) in [7, 11) is 1.56. The van der Waals surface area contributed by atoms with Gasteiger partial charge >= 0.3 is 5.69 Å². The zero-order valence-corrected chi connectivity index (χ0v) is 15.2. The van der Waals surface area contributed by atoms with E-state index in [-0.39, 0.29) is 18.1 Å². The molecular weight excluding hydrogens is 348 g/mol. The first-order valence-corrected chi connectivity index (χ1v) is 8.88. The lowest BCUT2D eigenvalue weighted by molar-refractivity contribution is -0.130. The van der Waals surface area contributed by atoms with Crippen LogP contribution in [0.3, 0.4) is 0 Å². The highest BCUT2D eigenvalue weighted by molar-refractivity contribution is 5.95. The number of piperidine rings is 1. The molecule has 2 aromatic rings. The molecule has 1 aliphatic rings. The summed E-state index contributed by atoms with van der Waals surface area (Å²) in [4.78, 5) is 44.5. The van der Waals surface area contributed by atoms with Crippen molar-refractivity contribution in [3.8, 4) is 17.0 Å². The number of aromatic nitrogens is 2. The predicted molar refractivity (Wildman–Crippen MR) is 99.6 cm³/mol. The largest absolute Gasteiger partial charge is 0.497 e. The molecule has 2 N–H and O–H groups in total. The van der Waals surface area contributed by atoms with Crippen molar-refractivity contribution in [2.45, 2.75) is 19.3 Å². The van der Waals surface area contributed by atoms with Gasteiger partial charge in [0.25, 0.3) is 5.91 Å². The quantitative estimate of drug-likeness (QED) is 0.823. The molecule has 2 amide bonds. The van der Waals surface area contributed by atoms with Crippen molar-refractivity contribution in [3.05, 3.63) is 46.5 Å². The van der Waals surface area contributed by atoms with Crippen molar-refractivity contribution in [1.29, 1.82) is 0 Å². The molecule has 0 radical (unpaired) electrons. The number of hydrogen-bond donors (Lipinski definition) is 2. The lowest BCUT2D eigenvalue weighted by Crippen LogP contribution is -2.42. The van der Waals surface area contributed by atoms with Crippen LogP contribution in [-0.2, 0) is 4.79 Å². The standard InChI is InChI=1S/C19H22N4O4/c1-27-14-7-5-13(6-8-14)15-11-16(22-19(26)21-15)18(25)20-12-17(24)23-9-3-2-4-10-23/h5-8,11H,2-4,9-10,12H2,1H3,(H,20,25)(H,21,22,26). The highest BCUT2D eigenvalue weighted by Crippen LogP contribution is 2.20. The Bertz CT molecular complexity index is 870. The van der Waals surface area contributed by atoms with Crippen LogP contribution in [0.25, 0.3) is 11.3 Å². The molecule has 0 aliphatic carbocycles. The fourth-order valence-electron chi connectivity index (χ4n) is 3.00. The van der Waals surface area contributed by atoms with Gasteiger partial charge in [-0.25, -0.2) is 4.79 Å². The summed E-state index contributed by atoms with van der Waals surface area (Å²) >= 11 is 0. The Hall–Kier alpha value is -3.16. The number of aromatic amines is 1. The lowest BCUT2D eigenvalue weighted by Gasteiger charge is -2.26. The molecule has 142 valence electrons. The average molecular weight is 370 g/mol. The monoisotopic (exact) mass is 370 g/mol. The van der Waals surface area contributed by atoms with Gasteiger partial charge in [0.1, 0.15) is 11.4 Å². The van der Waals surface area contributed by atoms with Gasteiger partial charge in [0, 0.05) is 18.7 Å². The van der Waals surface area contributed by atoms with E-state index >= 15 is 0 Å². The van der Waals surface area contributed by atoms with Gasteiger partial charge in [0.2, 0.25) is 5.91 Å². The third-order valence-corrected chi connectivity index (χ3v) is 4.48. The maximum Gasteiger partial charge on any atom is 0.346 e. The van der Waals surface area contributed by atoms with E-state index in [2.05, 4.69) is 15.3 Å². The normalized spacial score (nSPS) is 13.9. The van der Waals surface area contributed by atoms with Crippen molar-refractivity contribution in [3.63, 3.8) is 0 Å². The zero-order valence-electron chi connectivity index (χ0n) is 15.2. The minimum absolute atomic E-state index is 0.0623. The second-order valence-electron chi connectivity index (χ2n) is 6.34. The fraction of sp³-hybridized carbons (Fsp3) is 0.368. The van der Waals surface area contributed by atoms with E-state index in [9.17, 15) is 14.4 Å². The summed E-state index contributed by atoms with van der Waals surface area (Å²) in [5.41, 5.74) is 0.484. The highest BCUT2D eigenvalue weighted by Gasteiger charge is 2.18. The van der Waals surface area contributed by atoms with Gasteiger partial charge in [-0.05, 0) is 49.6 Å². The highest BCUT2D eigenvalue weighted by atomic mass is 16.5. The number of H-pyrrole nitrogens is 1. The second-order valence-corrected chi connectivity index (χ2v) is 6.34. The predicted octanol–water partition coefficient (Wildman–Crippen LogP) is 1.19. The number of nitrogens with zero attached hydrogens (tertiary/aromatic N) is 2. The van der Waals surface area contributed by atoms with Gasteiger partial charge in [-0.15, -0.1) is 0 Å². The first-order valence-electron chi connectivity index (χ1n) is 8.88. The number of nitrogens with one attached hydrogen (secondary N) is 2. The zero-order chi connectivity index (χ0) is 19.2. The first-order chi connectivity index (χ1) is 13.1. The molecule has 0 saturated carbocycles. The van der Waals surface area contributed by atoms with Crippen LogP contribution in [-0.4, -0.2) is 53.4 Å². The number of likely N-dealkylation sites (tertiary alicyclic amines) is 1. The molecule has 1 saturated heterocycles. The third-order valence-electron chi connectivity index (χ3n) is 4.48. The maximum absolute atomic E-state index is 12.4. The molecule has 1 aliphatic heterocycles. The van der Waals surface area contributed by atoms with Gasteiger partial charge in [-0.3, -0.25) is 9.59 Å². The van der Waals surface area contributed by atoms with Gasteiger partial charge < -0.3 is 19.9 Å². The smallest absolute Gasteiger partial charge is 0.346 e. The van der Waals surface area contributed by atoms with E-state index in [4.69, 9.17) is 4.74 Å². The number of ether oxygens (including phenoxy) is 1. The Balaban J connectivity index is 1.70. The summed E-state index contributed by atoms with van der Waals surface area (Å²) < 4.78 is 5.11. The molecule has 0 atom stereocenters. The molecule has 0 unspecified atom stereocenters. The van der Waals surface area contributed by atoms with Crippen LogP contribution in [0.5, 0.6) is 5.75 Å². The van der Waals surface area contributed by atoms with Crippen molar-refractivity contribution in [2.75, 3.05) is 26.7 Å². The van der Waals surface area contributed by atoms with Crippen molar-refractivity contribution < 1.29 is 14.3 Å². The summed E-state index contributed by atoms with van der Waals surface area (Å²) in [5, 5.41) is 2.57. The van der Waals surface area contributed by atoms with Crippen LogP contribution < -0.4 is 15.7 Å². The number of carbonyl (C=O) groups is 2. The Morgan fingerprint density at radius 2 is 1.89 bits per heavy atom. The Labute approximate surface area is 156 Å². The molecule has 0 bridgehead atoms. The fourth-order valence-corrected chi connectivity index (χ4v) is 3.00. The summed E-state index contributed by atoms with van der Waals surface area (Å²) in [6.45, 7) is 1.35. The van der Waals surface area contributed by atoms with E-state index in [0.717, 1.165) is 32.4 Å². The second kappa shape index (κ2) is 8.48. The summed E-state index contributed by atoms with van der Waals surface area (Å²) in [5.74, 6) is 0.0437. The van der Waals surface area contributed by atoms with Gasteiger partial charge in [-0.2, -0.15) is 4.98 Å². The van der Waals surface area contributed by atoms with Gasteiger partial charge in [0.15, 0.2) is 0 Å². The number of methoxy groups -OCH3 is 1. The van der Waals surface area contributed by atoms with Crippen LogP contribution in [0.1, 0.15) is 29.8 Å². The summed E-state index contributed by atoms with van der Waals surface area (Å²) in [6.07, 6.45) is 3.10. The first kappa shape index (κ1) is 18.6. The number of hydrogen-bond acceptors (Lipinski definition) is 5. The van der Waals surface area contributed by atoms with E-state index in [1.54, 1.807) is 36.3 Å². The molecule has 1 aromatic heterocycles. The van der Waals surface area contributed by atoms with Crippen LogP contribution in [0, 0.1) is 0 Å². The topological polar surface area (TPSA) is 104 Å². The molecule has 1 fully saturated rings. The third kappa shape index (κ3) is 4.72. The van der Waals surface area contributed by atoms with E-state index in [1.165, 1.54) is 6.07 Å². The minimum atomic E-state index is -0.629. The van der Waals surface area contributed by atoms with Crippen LogP contribution in [0.4, 0.5) is 0 Å². The molecule has 1 aromatic carbocycles. The Morgan fingerprint density at radius 1 is 1.19 bits per heavy atom. The molecule has 0 spiro atoms. The number of benzene rings is 1. The lowest BCUT2D eigenvalue weighted by atomic mass is 10.1. The number of rotatable bonds is 5. The van der Waals surface area contributed by atoms with Crippen LogP contribution in [0.2, 0.25) is 0 Å². The van der Waals surface area contributed by atoms with E-state index in [1.807, 2.05) is 0 Å². The molecule has 2 heterocycles. The molecule has 8 heteroatoms. The van der Waals surface area contributed by atoms with Gasteiger partial charge in [0.05, 0.1) is 19.3 Å². The molecule has 8 nitrogen and oxygen atoms in total. The van der Waals surface area contributed by atoms with Gasteiger partial charge in [-0.1, -0.05) is 0 Å². The van der Waals surface area contributed by atoms with Crippen molar-refractivity contribution in [1.82, 2.24) is 20.2 Å². The average Bonchev–Trinajstić information content (AvgIpc) is 2.72. The molecule has 3 rings (SSSR count). The number of carbonyl (C=O) groups excluding carboxylic acids is 2. The molecular formula is C19H22N4O4. The van der Waals surface area contributed by atoms with Crippen molar-refractivity contribution >= 4 is 11.8 Å². The Morgan fingerprint density at radius 3 is 2.56 bits per heavy atom. The maximum atomic E-state index is 12.4. The Kier molecular flexibility index (Phi) is 5.85. The van der Waals surface area contributed by atoms with E-state index < -0.39 is 11.6 Å². The van der Waals surface area contributed by atoms with Crippen molar-refractivity contribution in [2.24, 2.45) is 0 Å². The van der Waals surface area contributed by atoms with Crippen LogP contribution >= 0.6 is 0 Å². The van der Waals surface area contributed by atoms with Crippen LogP contribution in [0.15, 0.2) is 35.1 Å². The van der Waals surface area contributed by atoms with E-state index in [0.29, 0.717) is 17.0 Å². The molecule has 27 heavy (non-hydrogen) atoms.